The fraction of sp³-hybridized carbons (Fsp3) is 0.444. The highest BCUT2D eigenvalue weighted by molar-refractivity contribution is 5.95. The van der Waals surface area contributed by atoms with E-state index in [0.717, 1.165) is 16.5 Å². The van der Waals surface area contributed by atoms with Crippen molar-refractivity contribution in [3.8, 4) is 11.3 Å². The Morgan fingerprint density at radius 2 is 2.12 bits per heavy atom. The lowest BCUT2D eigenvalue weighted by Gasteiger charge is -2.28. The van der Waals surface area contributed by atoms with E-state index in [1.54, 1.807) is 4.68 Å². The molecule has 2 saturated heterocycles. The highest BCUT2D eigenvalue weighted by Gasteiger charge is 2.68. The Kier molecular flexibility index (Phi) is 2.59. The molecule has 1 aromatic carbocycles. The Morgan fingerprint density at radius 1 is 1.27 bits per heavy atom. The fourth-order valence-corrected chi connectivity index (χ4v) is 4.49. The van der Waals surface area contributed by atoms with Crippen molar-refractivity contribution in [3.05, 3.63) is 36.2 Å². The molecule has 2 aromatic heterocycles. The van der Waals surface area contributed by atoms with E-state index in [-0.39, 0.29) is 0 Å². The normalized spacial score (nSPS) is 34.2. The van der Waals surface area contributed by atoms with Gasteiger partial charge < -0.3 is 24.3 Å². The minimum absolute atomic E-state index is 0.418. The molecule has 3 aromatic rings. The van der Waals surface area contributed by atoms with Crippen LogP contribution < -0.4 is 0 Å². The molecule has 0 spiro atoms. The monoisotopic (exact) mass is 354 g/mol. The molecule has 2 fully saturated rings. The number of aromatic nitrogens is 4. The Balaban J connectivity index is 1.54. The van der Waals surface area contributed by atoms with Crippen molar-refractivity contribution in [2.45, 2.75) is 50.3 Å². The van der Waals surface area contributed by atoms with Gasteiger partial charge in [-0.3, -0.25) is 0 Å². The Morgan fingerprint density at radius 3 is 3.00 bits per heavy atom. The summed E-state index contributed by atoms with van der Waals surface area (Å²) in [5.41, 5.74) is 1.83. The van der Waals surface area contributed by atoms with Crippen LogP contribution in [0.5, 0.6) is 0 Å². The van der Waals surface area contributed by atoms with E-state index in [9.17, 15) is 5.11 Å². The van der Waals surface area contributed by atoms with Crippen LogP contribution in [0.3, 0.4) is 0 Å². The van der Waals surface area contributed by atoms with Crippen LogP contribution in [0.25, 0.3) is 22.2 Å². The summed E-state index contributed by atoms with van der Waals surface area (Å²) in [5, 5.41) is 21.3. The van der Waals surface area contributed by atoms with E-state index < -0.39 is 29.9 Å². The number of fused-ring (bicyclic) bond motifs is 6. The van der Waals surface area contributed by atoms with Gasteiger partial charge in [-0.05, 0) is 19.9 Å². The van der Waals surface area contributed by atoms with Crippen molar-refractivity contribution in [1.82, 2.24) is 20.0 Å². The predicted octanol–water partition coefficient (Wildman–Crippen LogP) is 1.50. The number of rotatable bonds is 1. The van der Waals surface area contributed by atoms with Crippen LogP contribution in [-0.4, -0.2) is 49.4 Å². The first-order valence-corrected chi connectivity index (χ1v) is 8.71. The molecule has 0 amide bonds. The molecule has 2 N–H and O–H groups in total. The lowest BCUT2D eigenvalue weighted by molar-refractivity contribution is -0.228. The first-order chi connectivity index (χ1) is 12.5. The summed E-state index contributed by atoms with van der Waals surface area (Å²) >= 11 is 0. The van der Waals surface area contributed by atoms with Crippen molar-refractivity contribution >= 4 is 10.9 Å². The van der Waals surface area contributed by atoms with Crippen LogP contribution in [0, 0.1) is 0 Å². The predicted molar refractivity (Wildman–Crippen MR) is 89.9 cm³/mol. The number of benzene rings is 1. The van der Waals surface area contributed by atoms with E-state index >= 15 is 0 Å². The van der Waals surface area contributed by atoms with Crippen LogP contribution in [-0.2, 0) is 26.4 Å². The fourth-order valence-electron chi connectivity index (χ4n) is 4.49. The molecule has 0 radical (unpaired) electrons. The number of aliphatic hydroxyl groups is 1. The first-order valence-electron chi connectivity index (χ1n) is 8.71. The van der Waals surface area contributed by atoms with E-state index in [2.05, 4.69) is 15.3 Å². The van der Waals surface area contributed by atoms with Crippen molar-refractivity contribution in [2.75, 3.05) is 0 Å². The molecule has 0 aliphatic carbocycles. The Labute approximate surface area is 148 Å². The van der Waals surface area contributed by atoms with Gasteiger partial charge in [0.05, 0.1) is 6.54 Å². The zero-order chi connectivity index (χ0) is 17.7. The summed E-state index contributed by atoms with van der Waals surface area (Å²) in [5.74, 6) is -0.808. The van der Waals surface area contributed by atoms with Crippen molar-refractivity contribution < 1.29 is 19.3 Å². The van der Waals surface area contributed by atoms with Crippen LogP contribution >= 0.6 is 0 Å². The topological polar surface area (TPSA) is 94.4 Å². The number of aromatic amines is 1. The Hall–Kier alpha value is -2.26. The maximum atomic E-state index is 11.7. The third-order valence-corrected chi connectivity index (χ3v) is 5.58. The molecule has 3 aliphatic rings. The summed E-state index contributed by atoms with van der Waals surface area (Å²) in [6.07, 6.45) is 0.212. The average molecular weight is 354 g/mol. The van der Waals surface area contributed by atoms with Gasteiger partial charge in [-0.15, -0.1) is 5.10 Å². The molecular weight excluding hydrogens is 336 g/mol. The Bertz CT molecular complexity index is 1040. The number of H-pyrrole nitrogens is 1. The maximum Gasteiger partial charge on any atom is 0.191 e. The summed E-state index contributed by atoms with van der Waals surface area (Å²) < 4.78 is 19.5. The highest BCUT2D eigenvalue weighted by Crippen LogP contribution is 2.53. The van der Waals surface area contributed by atoms with Crippen LogP contribution in [0.4, 0.5) is 0 Å². The quantitative estimate of drug-likeness (QED) is 0.688. The minimum atomic E-state index is -1.35. The van der Waals surface area contributed by atoms with E-state index in [4.69, 9.17) is 14.2 Å². The van der Waals surface area contributed by atoms with Gasteiger partial charge in [0.25, 0.3) is 0 Å². The molecule has 3 aliphatic heterocycles. The van der Waals surface area contributed by atoms with Gasteiger partial charge in [0.15, 0.2) is 17.7 Å². The smallest absolute Gasteiger partial charge is 0.191 e. The van der Waals surface area contributed by atoms with E-state index in [1.165, 1.54) is 0 Å². The zero-order valence-electron chi connectivity index (χ0n) is 14.3. The third-order valence-electron chi connectivity index (χ3n) is 5.58. The third kappa shape index (κ3) is 1.67. The summed E-state index contributed by atoms with van der Waals surface area (Å²) in [6.45, 7) is 4.05. The van der Waals surface area contributed by atoms with Crippen molar-refractivity contribution in [1.29, 1.82) is 0 Å². The second-order valence-corrected chi connectivity index (χ2v) is 7.59. The molecule has 0 saturated carbocycles. The van der Waals surface area contributed by atoms with Gasteiger partial charge in [0.2, 0.25) is 0 Å². The van der Waals surface area contributed by atoms with Crippen molar-refractivity contribution in [3.63, 3.8) is 0 Å². The van der Waals surface area contributed by atoms with Gasteiger partial charge in [-0.1, -0.05) is 23.4 Å². The highest BCUT2D eigenvalue weighted by atomic mass is 16.8. The standard InChI is InChI=1S/C18H18N4O4/c1-17(2)25-15-16(26-17)24-12-8-22-14(18(12,15)23)13(20-21-22)10-7-19-11-6-4-3-5-9(10)11/h3-7,12,15-16,19,23H,8H2,1-2H3. The lowest BCUT2D eigenvalue weighted by atomic mass is 9.89. The van der Waals surface area contributed by atoms with Gasteiger partial charge in [-0.2, -0.15) is 0 Å². The molecule has 134 valence electrons. The second-order valence-electron chi connectivity index (χ2n) is 7.59. The van der Waals surface area contributed by atoms with Crippen LogP contribution in [0.15, 0.2) is 30.5 Å². The van der Waals surface area contributed by atoms with Crippen molar-refractivity contribution in [2.24, 2.45) is 0 Å². The van der Waals surface area contributed by atoms with Crippen LogP contribution in [0.1, 0.15) is 19.5 Å². The molecule has 0 bridgehead atoms. The number of hydrogen-bond donors (Lipinski definition) is 2. The number of hydrogen-bond acceptors (Lipinski definition) is 6. The lowest BCUT2D eigenvalue weighted by Crippen LogP contribution is -2.44. The van der Waals surface area contributed by atoms with Gasteiger partial charge in [0, 0.05) is 22.7 Å². The van der Waals surface area contributed by atoms with Gasteiger partial charge in [-0.25, -0.2) is 4.68 Å². The zero-order valence-corrected chi connectivity index (χ0v) is 14.3. The summed E-state index contributed by atoms with van der Waals surface area (Å²) in [7, 11) is 0. The molecule has 26 heavy (non-hydrogen) atoms. The number of para-hydroxylation sites is 1. The summed E-state index contributed by atoms with van der Waals surface area (Å²) in [6, 6.07) is 7.98. The first kappa shape index (κ1) is 14.9. The largest absolute Gasteiger partial charge is 0.378 e. The molecule has 8 heteroatoms. The summed E-state index contributed by atoms with van der Waals surface area (Å²) in [4.78, 5) is 3.25. The second kappa shape index (κ2) is 4.52. The average Bonchev–Trinajstić information content (AvgIpc) is 3.34. The molecule has 6 rings (SSSR count). The van der Waals surface area contributed by atoms with E-state index in [1.807, 2.05) is 44.3 Å². The molecule has 4 unspecified atom stereocenters. The molecule has 4 atom stereocenters. The van der Waals surface area contributed by atoms with Crippen LogP contribution in [0.2, 0.25) is 0 Å². The van der Waals surface area contributed by atoms with Gasteiger partial charge >= 0.3 is 0 Å². The molecular formula is C18H18N4O4. The molecule has 8 nitrogen and oxygen atoms in total. The van der Waals surface area contributed by atoms with Gasteiger partial charge in [0.1, 0.15) is 23.6 Å². The minimum Gasteiger partial charge on any atom is -0.378 e. The van der Waals surface area contributed by atoms with E-state index in [0.29, 0.717) is 17.9 Å². The number of ether oxygens (including phenoxy) is 3. The number of nitrogens with zero attached hydrogens (tertiary/aromatic N) is 3. The molecule has 5 heterocycles. The number of nitrogens with one attached hydrogen (secondary N) is 1. The maximum absolute atomic E-state index is 11.7. The SMILES string of the molecule is CC1(C)OC2OC3Cn4nnc(-c5c[nH]c6ccccc56)c4C3(O)C2O1.